The van der Waals surface area contributed by atoms with Gasteiger partial charge >= 0.3 is 0 Å². The maximum absolute atomic E-state index is 6.46. The summed E-state index contributed by atoms with van der Waals surface area (Å²) >= 11 is 0. The van der Waals surface area contributed by atoms with Crippen molar-refractivity contribution < 1.29 is 0 Å². The van der Waals surface area contributed by atoms with Crippen LogP contribution in [0.2, 0.25) is 0 Å². The van der Waals surface area contributed by atoms with Gasteiger partial charge in [0.15, 0.2) is 0 Å². The van der Waals surface area contributed by atoms with Crippen LogP contribution in [0.4, 0.5) is 11.4 Å². The van der Waals surface area contributed by atoms with Gasteiger partial charge in [-0.1, -0.05) is 65.2 Å². The number of hydrogen-bond donors (Lipinski definition) is 2. The van der Waals surface area contributed by atoms with Crippen molar-refractivity contribution in [2.24, 2.45) is 40.2 Å². The van der Waals surface area contributed by atoms with E-state index < -0.39 is 0 Å². The average molecular weight is 552 g/mol. The highest BCUT2D eigenvalue weighted by Gasteiger charge is 2.68. The molecule has 220 valence electrons. The number of nitrogens with two attached hydrogens (primary N) is 1. The third kappa shape index (κ3) is 3.97. The van der Waals surface area contributed by atoms with Crippen molar-refractivity contribution >= 4 is 16.9 Å². The van der Waals surface area contributed by atoms with Crippen LogP contribution in [0.1, 0.15) is 83.9 Å². The Balaban J connectivity index is 1.67. The van der Waals surface area contributed by atoms with Crippen LogP contribution >= 0.6 is 0 Å². The molecule has 1 spiro atoms. The molecule has 0 aromatic heterocycles. The lowest BCUT2D eigenvalue weighted by molar-refractivity contribution is -0.110. The highest BCUT2D eigenvalue weighted by Crippen LogP contribution is 2.76. The van der Waals surface area contributed by atoms with Crippen molar-refractivity contribution in [3.05, 3.63) is 88.3 Å². The van der Waals surface area contributed by atoms with Gasteiger partial charge < -0.3 is 16.0 Å². The predicted molar refractivity (Wildman–Crippen MR) is 179 cm³/mol. The number of hydrogen-bond acceptors (Lipinski definition) is 3. The molecule has 1 aromatic rings. The predicted octanol–water partition coefficient (Wildman–Crippen LogP) is 9.34. The van der Waals surface area contributed by atoms with Gasteiger partial charge in [0, 0.05) is 42.3 Å². The zero-order valence-electron chi connectivity index (χ0n) is 27.3. The van der Waals surface area contributed by atoms with E-state index in [1.165, 1.54) is 57.5 Å². The Morgan fingerprint density at radius 3 is 2.37 bits per heavy atom. The van der Waals surface area contributed by atoms with Gasteiger partial charge in [-0.3, -0.25) is 0 Å². The molecule has 0 heterocycles. The summed E-state index contributed by atoms with van der Waals surface area (Å²) in [7, 11) is 4.34. The summed E-state index contributed by atoms with van der Waals surface area (Å²) in [5.74, 6) is 2.26. The molecule has 3 N–H and O–H groups in total. The summed E-state index contributed by atoms with van der Waals surface area (Å²) in [4.78, 5) is 2.28. The summed E-state index contributed by atoms with van der Waals surface area (Å²) in [5.41, 5.74) is 22.5. The van der Waals surface area contributed by atoms with Crippen LogP contribution in [0.5, 0.6) is 0 Å². The summed E-state index contributed by atoms with van der Waals surface area (Å²) in [6, 6.07) is 2.34. The molecule has 4 aliphatic carbocycles. The maximum atomic E-state index is 6.46. The van der Waals surface area contributed by atoms with Crippen molar-refractivity contribution in [2.45, 2.75) is 80.6 Å². The molecule has 0 radical (unpaired) electrons. The number of allylic oxidation sites excluding steroid dienone is 6. The number of anilines is 2. The van der Waals surface area contributed by atoms with Gasteiger partial charge in [0.25, 0.3) is 0 Å². The SMILES string of the molecule is C=C(CCC(C)C)Nc1cc(N(C)C)c2c(c1C)C(=C)C1=C(C)[C@]3(C)C(=C)C(C(=C)N)=C(C)[C@H]4C(C)C[C@]43C[C@@H]1C2. The Bertz CT molecular complexity index is 1450. The van der Waals surface area contributed by atoms with Gasteiger partial charge in [0.2, 0.25) is 0 Å². The van der Waals surface area contributed by atoms with Crippen LogP contribution < -0.4 is 16.0 Å². The summed E-state index contributed by atoms with van der Waals surface area (Å²) in [6.07, 6.45) is 5.56. The zero-order valence-corrected chi connectivity index (χ0v) is 27.3. The molecular formula is C38H53N3. The van der Waals surface area contributed by atoms with E-state index in [-0.39, 0.29) is 10.8 Å². The number of fused-ring (bicyclic) bond motifs is 2. The monoisotopic (exact) mass is 551 g/mol. The maximum Gasteiger partial charge on any atom is 0.0438 e. The molecule has 0 bridgehead atoms. The van der Waals surface area contributed by atoms with Gasteiger partial charge in [0.1, 0.15) is 0 Å². The van der Waals surface area contributed by atoms with E-state index in [1.54, 1.807) is 0 Å². The highest BCUT2D eigenvalue weighted by atomic mass is 15.1. The zero-order chi connectivity index (χ0) is 30.3. The van der Waals surface area contributed by atoms with E-state index in [9.17, 15) is 0 Å². The van der Waals surface area contributed by atoms with Gasteiger partial charge in [0.05, 0.1) is 0 Å². The molecule has 0 saturated heterocycles. The molecule has 1 fully saturated rings. The minimum Gasteiger partial charge on any atom is -0.399 e. The van der Waals surface area contributed by atoms with Gasteiger partial charge in [-0.15, -0.1) is 0 Å². The lowest BCUT2D eigenvalue weighted by Crippen LogP contribution is -2.63. The Morgan fingerprint density at radius 2 is 1.80 bits per heavy atom. The number of nitrogens with zero attached hydrogens (tertiary/aromatic N) is 1. The molecule has 1 aromatic carbocycles. The molecule has 41 heavy (non-hydrogen) atoms. The fraction of sp³-hybridized carbons (Fsp3) is 0.526. The Hall–Kier alpha value is -2.94. The largest absolute Gasteiger partial charge is 0.399 e. The Labute approximate surface area is 250 Å². The van der Waals surface area contributed by atoms with Crippen molar-refractivity contribution in [3.8, 4) is 0 Å². The Morgan fingerprint density at radius 1 is 1.15 bits per heavy atom. The van der Waals surface area contributed by atoms with Crippen molar-refractivity contribution in [3.63, 3.8) is 0 Å². The van der Waals surface area contributed by atoms with E-state index in [0.29, 0.717) is 29.4 Å². The second-order valence-corrected chi connectivity index (χ2v) is 14.6. The first kappa shape index (κ1) is 29.5. The fourth-order valence-corrected chi connectivity index (χ4v) is 9.79. The first-order valence-corrected chi connectivity index (χ1v) is 15.6. The van der Waals surface area contributed by atoms with E-state index in [2.05, 4.69) is 92.0 Å². The van der Waals surface area contributed by atoms with Crippen molar-refractivity contribution in [2.75, 3.05) is 24.3 Å². The molecule has 3 nitrogen and oxygen atoms in total. The average Bonchev–Trinajstić information content (AvgIpc) is 2.85. The van der Waals surface area contributed by atoms with E-state index >= 15 is 0 Å². The third-order valence-corrected chi connectivity index (χ3v) is 11.7. The van der Waals surface area contributed by atoms with Crippen LogP contribution in [0.3, 0.4) is 0 Å². The summed E-state index contributed by atoms with van der Waals surface area (Å²) < 4.78 is 0. The lowest BCUT2D eigenvalue weighted by atomic mass is 9.33. The first-order valence-electron chi connectivity index (χ1n) is 15.6. The second-order valence-electron chi connectivity index (χ2n) is 14.6. The minimum absolute atomic E-state index is 0.160. The standard InChI is InChI=1S/C38H53N3/c1-20(2)14-15-22(4)40-31-17-32(41(12)13)30-16-29-19-38-18-21(3)36(38)25(7)34(28(10)39)26(8)37(38,11)27(9)35(29)24(6)33(30)23(31)5/h17,20-21,29,36,40H,4,6,8,10,14-16,18-19,39H2,1-3,5,7,9,11-13H3/t21?,29-,36+,37-,38-/m0/s1. The smallest absolute Gasteiger partial charge is 0.0438 e. The highest BCUT2D eigenvalue weighted by molar-refractivity contribution is 5.91. The molecule has 5 rings (SSSR count). The normalized spacial score (nSPS) is 30.3. The minimum atomic E-state index is -0.160. The molecule has 0 amide bonds. The van der Waals surface area contributed by atoms with Crippen molar-refractivity contribution in [1.82, 2.24) is 0 Å². The molecule has 4 aliphatic rings. The molecule has 1 saturated carbocycles. The molecular weight excluding hydrogens is 498 g/mol. The van der Waals surface area contributed by atoms with E-state index in [4.69, 9.17) is 18.9 Å². The van der Waals surface area contributed by atoms with Gasteiger partial charge in [-0.2, -0.15) is 0 Å². The molecule has 0 aliphatic heterocycles. The fourth-order valence-electron chi connectivity index (χ4n) is 9.79. The van der Waals surface area contributed by atoms with E-state index in [0.717, 1.165) is 41.8 Å². The number of rotatable bonds is 7. The second kappa shape index (κ2) is 9.82. The Kier molecular flexibility index (Phi) is 7.08. The van der Waals surface area contributed by atoms with Crippen LogP contribution in [0.25, 0.3) is 5.57 Å². The molecule has 5 atom stereocenters. The van der Waals surface area contributed by atoms with Gasteiger partial charge in [-0.05, 0) is 127 Å². The van der Waals surface area contributed by atoms with Crippen LogP contribution in [-0.4, -0.2) is 14.1 Å². The number of benzene rings is 1. The summed E-state index contributed by atoms with van der Waals surface area (Å²) in [6.45, 7) is 34.5. The topological polar surface area (TPSA) is 41.3 Å². The number of nitrogens with one attached hydrogen (secondary N) is 1. The van der Waals surface area contributed by atoms with Gasteiger partial charge in [-0.25, -0.2) is 0 Å². The molecule has 3 heteroatoms. The van der Waals surface area contributed by atoms with E-state index in [1.807, 2.05) is 0 Å². The van der Waals surface area contributed by atoms with Crippen LogP contribution in [0.15, 0.2) is 71.6 Å². The van der Waals surface area contributed by atoms with Crippen molar-refractivity contribution in [1.29, 1.82) is 0 Å². The third-order valence-electron chi connectivity index (χ3n) is 11.7. The van der Waals surface area contributed by atoms with Crippen LogP contribution in [-0.2, 0) is 6.42 Å². The first-order chi connectivity index (χ1) is 19.1. The molecule has 1 unspecified atom stereocenters. The van der Waals surface area contributed by atoms with Crippen LogP contribution in [0, 0.1) is 41.4 Å². The summed E-state index contributed by atoms with van der Waals surface area (Å²) in [5, 5.41) is 3.70. The lowest BCUT2D eigenvalue weighted by Gasteiger charge is -2.71. The quantitative estimate of drug-likeness (QED) is 0.355.